The Balaban J connectivity index is 1.24. The van der Waals surface area contributed by atoms with E-state index in [4.69, 9.17) is 9.72 Å². The molecule has 210 valence electrons. The highest BCUT2D eigenvalue weighted by molar-refractivity contribution is 6.06. The Kier molecular flexibility index (Phi) is 7.16. The van der Waals surface area contributed by atoms with Gasteiger partial charge in [-0.1, -0.05) is 12.1 Å². The molecule has 2 fully saturated rings. The van der Waals surface area contributed by atoms with Gasteiger partial charge in [0.25, 0.3) is 5.88 Å². The lowest BCUT2D eigenvalue weighted by Crippen LogP contribution is -2.49. The molecule has 4 aromatic rings. The number of carbonyl (C=O) groups is 1. The van der Waals surface area contributed by atoms with E-state index in [0.717, 1.165) is 78.7 Å². The SMILES string of the molecule is COc1nn(C)cc1Nc1ncc(C)c(-c2c[nH]c3c(NC(=O)C4CCCN4C4CCN(C)CC4)cccc23)n1. The molecular formula is C29H37N9O2. The second kappa shape index (κ2) is 10.9. The smallest absolute Gasteiger partial charge is 0.256 e. The molecule has 2 aliphatic rings. The first-order valence-corrected chi connectivity index (χ1v) is 13.9. The normalized spacial score (nSPS) is 18.9. The lowest BCUT2D eigenvalue weighted by molar-refractivity contribution is -0.121. The van der Waals surface area contributed by atoms with Crippen molar-refractivity contribution in [2.45, 2.75) is 44.7 Å². The van der Waals surface area contributed by atoms with E-state index >= 15 is 0 Å². The summed E-state index contributed by atoms with van der Waals surface area (Å²) in [4.78, 5) is 31.1. The van der Waals surface area contributed by atoms with Crippen LogP contribution < -0.4 is 15.4 Å². The van der Waals surface area contributed by atoms with Gasteiger partial charge in [0, 0.05) is 36.4 Å². The maximum Gasteiger partial charge on any atom is 0.256 e. The summed E-state index contributed by atoms with van der Waals surface area (Å²) in [6.07, 6.45) is 9.79. The van der Waals surface area contributed by atoms with Gasteiger partial charge in [-0.2, -0.15) is 0 Å². The zero-order chi connectivity index (χ0) is 27.8. The van der Waals surface area contributed by atoms with Gasteiger partial charge in [0.05, 0.1) is 36.2 Å². The van der Waals surface area contributed by atoms with Crippen LogP contribution in [0.1, 0.15) is 31.2 Å². The Morgan fingerprint density at radius 1 is 1.12 bits per heavy atom. The molecule has 0 spiro atoms. The summed E-state index contributed by atoms with van der Waals surface area (Å²) < 4.78 is 7.03. The molecule has 0 saturated carbocycles. The molecule has 6 rings (SSSR count). The molecule has 0 aliphatic carbocycles. The van der Waals surface area contributed by atoms with Crippen LogP contribution in [-0.4, -0.2) is 86.3 Å². The van der Waals surface area contributed by atoms with Gasteiger partial charge in [0.15, 0.2) is 0 Å². The minimum Gasteiger partial charge on any atom is -0.478 e. The molecule has 5 heterocycles. The van der Waals surface area contributed by atoms with Crippen LogP contribution in [0.3, 0.4) is 0 Å². The molecule has 0 bridgehead atoms. The minimum atomic E-state index is -0.0831. The Morgan fingerprint density at radius 3 is 2.75 bits per heavy atom. The second-order valence-electron chi connectivity index (χ2n) is 10.9. The van der Waals surface area contributed by atoms with Crippen LogP contribution in [0.25, 0.3) is 22.2 Å². The van der Waals surface area contributed by atoms with Crippen molar-refractivity contribution in [1.82, 2.24) is 34.5 Å². The molecule has 3 aromatic heterocycles. The number of amides is 1. The number of rotatable bonds is 7. The first-order valence-electron chi connectivity index (χ1n) is 13.9. The van der Waals surface area contributed by atoms with E-state index in [-0.39, 0.29) is 11.9 Å². The zero-order valence-electron chi connectivity index (χ0n) is 23.6. The van der Waals surface area contributed by atoms with E-state index in [1.807, 2.05) is 38.5 Å². The standard InChI is InChI=1S/C29H37N9O2/c1-18-15-31-29(33-23-17-37(3)35-28(23)40-4)34-25(18)21-16-30-26-20(21)7-5-8-22(26)32-27(39)24-9-6-12-38(24)19-10-13-36(2)14-11-19/h5,7-8,15-17,19,24,30H,6,9-14H2,1-4H3,(H,32,39)(H,31,33,34). The predicted octanol–water partition coefficient (Wildman–Crippen LogP) is 3.92. The average Bonchev–Trinajstić information content (AvgIpc) is 3.69. The van der Waals surface area contributed by atoms with E-state index < -0.39 is 0 Å². The quantitative estimate of drug-likeness (QED) is 0.321. The van der Waals surface area contributed by atoms with Crippen molar-refractivity contribution in [2.24, 2.45) is 7.05 Å². The van der Waals surface area contributed by atoms with Gasteiger partial charge in [-0.3, -0.25) is 14.4 Å². The number of ether oxygens (including phenoxy) is 1. The van der Waals surface area contributed by atoms with Gasteiger partial charge < -0.3 is 25.3 Å². The monoisotopic (exact) mass is 543 g/mol. The molecular weight excluding hydrogens is 506 g/mol. The molecule has 11 heteroatoms. The zero-order valence-corrected chi connectivity index (χ0v) is 23.6. The Morgan fingerprint density at radius 2 is 1.95 bits per heavy atom. The number of carbonyl (C=O) groups excluding carboxylic acids is 1. The first kappa shape index (κ1) is 26.3. The van der Waals surface area contributed by atoms with Gasteiger partial charge in [-0.15, -0.1) is 5.10 Å². The van der Waals surface area contributed by atoms with Crippen molar-refractivity contribution in [2.75, 3.05) is 44.4 Å². The summed E-state index contributed by atoms with van der Waals surface area (Å²) in [6, 6.07) is 6.40. The fraction of sp³-hybridized carbons (Fsp3) is 0.448. The van der Waals surface area contributed by atoms with Crippen LogP contribution in [0.15, 0.2) is 36.8 Å². The summed E-state index contributed by atoms with van der Waals surface area (Å²) in [6.45, 7) is 5.18. The molecule has 40 heavy (non-hydrogen) atoms. The third-order valence-corrected chi connectivity index (χ3v) is 8.19. The number of methoxy groups -OCH3 is 1. The number of anilines is 3. The fourth-order valence-corrected chi connectivity index (χ4v) is 6.10. The lowest BCUT2D eigenvalue weighted by atomic mass is 10.0. The maximum atomic E-state index is 13.6. The second-order valence-corrected chi connectivity index (χ2v) is 10.9. The Bertz CT molecular complexity index is 1520. The number of aromatic amines is 1. The van der Waals surface area contributed by atoms with Crippen molar-refractivity contribution in [3.63, 3.8) is 0 Å². The van der Waals surface area contributed by atoms with Crippen LogP contribution in [0, 0.1) is 6.92 Å². The van der Waals surface area contributed by atoms with Crippen molar-refractivity contribution in [3.8, 4) is 17.1 Å². The molecule has 2 saturated heterocycles. The molecule has 0 radical (unpaired) electrons. The number of para-hydroxylation sites is 1. The number of aryl methyl sites for hydroxylation is 2. The first-order chi connectivity index (χ1) is 19.4. The van der Waals surface area contributed by atoms with Gasteiger partial charge in [0.2, 0.25) is 11.9 Å². The number of fused-ring (bicyclic) bond motifs is 1. The minimum absolute atomic E-state index is 0.0789. The lowest BCUT2D eigenvalue weighted by Gasteiger charge is -2.37. The van der Waals surface area contributed by atoms with Crippen molar-refractivity contribution < 1.29 is 9.53 Å². The van der Waals surface area contributed by atoms with Gasteiger partial charge in [-0.05, 0) is 70.9 Å². The molecule has 11 nitrogen and oxygen atoms in total. The van der Waals surface area contributed by atoms with Crippen molar-refractivity contribution in [1.29, 1.82) is 0 Å². The predicted molar refractivity (Wildman–Crippen MR) is 156 cm³/mol. The summed E-state index contributed by atoms with van der Waals surface area (Å²) in [5, 5.41) is 11.7. The fourth-order valence-electron chi connectivity index (χ4n) is 6.10. The number of piperidine rings is 1. The Hall–Kier alpha value is -3.96. The summed E-state index contributed by atoms with van der Waals surface area (Å²) in [5.41, 5.74) is 5.05. The van der Waals surface area contributed by atoms with Crippen molar-refractivity contribution in [3.05, 3.63) is 42.4 Å². The van der Waals surface area contributed by atoms with E-state index in [1.165, 1.54) is 0 Å². The maximum absolute atomic E-state index is 13.6. The van der Waals surface area contributed by atoms with E-state index in [9.17, 15) is 4.79 Å². The Labute approximate surface area is 233 Å². The summed E-state index contributed by atoms with van der Waals surface area (Å²) in [5.74, 6) is 0.994. The highest BCUT2D eigenvalue weighted by Gasteiger charge is 2.36. The highest BCUT2D eigenvalue weighted by atomic mass is 16.5. The molecule has 1 aromatic carbocycles. The third kappa shape index (κ3) is 5.02. The third-order valence-electron chi connectivity index (χ3n) is 8.19. The van der Waals surface area contributed by atoms with E-state index in [0.29, 0.717) is 23.6 Å². The van der Waals surface area contributed by atoms with E-state index in [1.54, 1.807) is 18.0 Å². The molecule has 1 unspecified atom stereocenters. The average molecular weight is 544 g/mol. The van der Waals surface area contributed by atoms with Gasteiger partial charge in [-0.25, -0.2) is 9.97 Å². The summed E-state index contributed by atoms with van der Waals surface area (Å²) >= 11 is 0. The van der Waals surface area contributed by atoms with Gasteiger partial charge >= 0.3 is 0 Å². The molecule has 1 atom stereocenters. The number of benzene rings is 1. The molecule has 2 aliphatic heterocycles. The number of likely N-dealkylation sites (tertiary alicyclic amines) is 2. The highest BCUT2D eigenvalue weighted by Crippen LogP contribution is 2.35. The van der Waals surface area contributed by atoms with Crippen molar-refractivity contribution >= 4 is 34.1 Å². The topological polar surface area (TPSA) is 116 Å². The van der Waals surface area contributed by atoms with Crippen LogP contribution in [0.5, 0.6) is 5.88 Å². The van der Waals surface area contributed by atoms with Crippen LogP contribution >= 0.6 is 0 Å². The number of hydrogen-bond donors (Lipinski definition) is 3. The number of aromatic nitrogens is 5. The number of nitrogens with one attached hydrogen (secondary N) is 3. The number of nitrogens with zero attached hydrogens (tertiary/aromatic N) is 6. The number of hydrogen-bond acceptors (Lipinski definition) is 8. The van der Waals surface area contributed by atoms with Gasteiger partial charge in [0.1, 0.15) is 5.69 Å². The van der Waals surface area contributed by atoms with Crippen LogP contribution in [0.2, 0.25) is 0 Å². The molecule has 3 N–H and O–H groups in total. The summed E-state index contributed by atoms with van der Waals surface area (Å²) in [7, 11) is 5.58. The largest absolute Gasteiger partial charge is 0.478 e. The molecule has 1 amide bonds. The van der Waals surface area contributed by atoms with E-state index in [2.05, 4.69) is 48.6 Å². The van der Waals surface area contributed by atoms with Crippen LogP contribution in [-0.2, 0) is 11.8 Å². The van der Waals surface area contributed by atoms with Crippen LogP contribution in [0.4, 0.5) is 17.3 Å². The number of H-pyrrole nitrogens is 1.